The van der Waals surface area contributed by atoms with E-state index < -0.39 is 23.3 Å². The summed E-state index contributed by atoms with van der Waals surface area (Å²) in [5.41, 5.74) is 1.09. The van der Waals surface area contributed by atoms with Crippen LogP contribution in [0.4, 0.5) is 17.6 Å². The summed E-state index contributed by atoms with van der Waals surface area (Å²) in [6, 6.07) is 6.49. The zero-order chi connectivity index (χ0) is 24.9. The Bertz CT molecular complexity index is 1040. The fourth-order valence-corrected chi connectivity index (χ4v) is 5.62. The van der Waals surface area contributed by atoms with Crippen LogP contribution in [0.25, 0.3) is 6.08 Å². The number of hydrogen-bond donors (Lipinski definition) is 0. The van der Waals surface area contributed by atoms with E-state index in [1.807, 2.05) is 6.08 Å². The molecular weight excluding hydrogens is 456 g/mol. The fraction of sp³-hybridized carbons (Fsp3) is 0.517. The van der Waals surface area contributed by atoms with Crippen molar-refractivity contribution in [3.05, 3.63) is 70.3 Å². The van der Waals surface area contributed by atoms with E-state index in [9.17, 15) is 17.6 Å². The van der Waals surface area contributed by atoms with Gasteiger partial charge in [-0.1, -0.05) is 30.4 Å². The summed E-state index contributed by atoms with van der Waals surface area (Å²) in [6.07, 6.45) is 10.1. The third-order valence-corrected chi connectivity index (χ3v) is 7.73. The number of allylic oxidation sites excluding steroid dienone is 1. The lowest BCUT2D eigenvalue weighted by Gasteiger charge is -2.28. The standard InChI is InChI=1S/C29H34F4O2/c1-3-35-25-17-16-24(28(32)29(25)33)19-7-4-18(5-8-19)6-9-21-12-15-23(27(31)26(21)30)20-10-13-22(34-2)14-11-20/h6,9,12,15-20,22H,3-5,7-8,10-11,13-14H2,1-2H3/b9-6+. The second kappa shape index (κ2) is 11.6. The zero-order valence-corrected chi connectivity index (χ0v) is 20.5. The summed E-state index contributed by atoms with van der Waals surface area (Å²) in [5, 5.41) is 0. The lowest BCUT2D eigenvalue weighted by Crippen LogP contribution is -2.20. The van der Waals surface area contributed by atoms with Gasteiger partial charge in [0.1, 0.15) is 0 Å². The highest BCUT2D eigenvalue weighted by Crippen LogP contribution is 2.40. The van der Waals surface area contributed by atoms with Crippen LogP contribution in [0, 0.1) is 29.2 Å². The molecule has 0 aromatic heterocycles. The van der Waals surface area contributed by atoms with E-state index in [-0.39, 0.29) is 41.8 Å². The Balaban J connectivity index is 1.37. The van der Waals surface area contributed by atoms with Crippen LogP contribution < -0.4 is 4.74 Å². The van der Waals surface area contributed by atoms with Gasteiger partial charge in [0.25, 0.3) is 0 Å². The molecule has 2 aromatic carbocycles. The second-order valence-corrected chi connectivity index (χ2v) is 9.77. The molecule has 0 N–H and O–H groups in total. The van der Waals surface area contributed by atoms with Crippen LogP contribution >= 0.6 is 0 Å². The van der Waals surface area contributed by atoms with E-state index in [1.165, 1.54) is 6.07 Å². The number of halogens is 4. The van der Waals surface area contributed by atoms with Gasteiger partial charge in [-0.25, -0.2) is 13.2 Å². The summed E-state index contributed by atoms with van der Waals surface area (Å²) in [5.74, 6) is -3.22. The normalized spacial score (nSPS) is 25.2. The highest BCUT2D eigenvalue weighted by molar-refractivity contribution is 5.52. The number of rotatable bonds is 7. The summed E-state index contributed by atoms with van der Waals surface area (Å²) in [6.45, 7) is 2.00. The van der Waals surface area contributed by atoms with Crippen molar-refractivity contribution in [2.75, 3.05) is 13.7 Å². The van der Waals surface area contributed by atoms with E-state index in [4.69, 9.17) is 9.47 Å². The van der Waals surface area contributed by atoms with Crippen molar-refractivity contribution in [3.63, 3.8) is 0 Å². The quantitative estimate of drug-likeness (QED) is 0.364. The van der Waals surface area contributed by atoms with Crippen LogP contribution in [0.1, 0.15) is 86.8 Å². The molecule has 0 amide bonds. The van der Waals surface area contributed by atoms with Crippen molar-refractivity contribution >= 4 is 6.08 Å². The van der Waals surface area contributed by atoms with Crippen molar-refractivity contribution in [1.82, 2.24) is 0 Å². The maximum absolute atomic E-state index is 14.9. The minimum Gasteiger partial charge on any atom is -0.491 e. The Morgan fingerprint density at radius 1 is 0.743 bits per heavy atom. The fourth-order valence-electron chi connectivity index (χ4n) is 5.62. The van der Waals surface area contributed by atoms with E-state index in [1.54, 1.807) is 38.3 Å². The summed E-state index contributed by atoms with van der Waals surface area (Å²) in [4.78, 5) is 0. The molecule has 0 aliphatic heterocycles. The second-order valence-electron chi connectivity index (χ2n) is 9.77. The monoisotopic (exact) mass is 490 g/mol. The first-order chi connectivity index (χ1) is 16.9. The first-order valence-corrected chi connectivity index (χ1v) is 12.7. The van der Waals surface area contributed by atoms with Crippen LogP contribution in [0.3, 0.4) is 0 Å². The molecule has 0 unspecified atom stereocenters. The molecule has 2 aliphatic rings. The summed E-state index contributed by atoms with van der Waals surface area (Å²) >= 11 is 0. The van der Waals surface area contributed by atoms with E-state index in [2.05, 4.69) is 0 Å². The average Bonchev–Trinajstić information content (AvgIpc) is 2.88. The van der Waals surface area contributed by atoms with Gasteiger partial charge in [0.2, 0.25) is 5.82 Å². The van der Waals surface area contributed by atoms with Gasteiger partial charge in [0, 0.05) is 12.7 Å². The lowest BCUT2D eigenvalue weighted by molar-refractivity contribution is 0.0655. The number of benzene rings is 2. The minimum atomic E-state index is -0.931. The summed E-state index contributed by atoms with van der Waals surface area (Å²) < 4.78 is 69.0. The van der Waals surface area contributed by atoms with E-state index >= 15 is 0 Å². The molecular formula is C29H34F4O2. The molecule has 4 rings (SSSR count). The molecule has 0 spiro atoms. The van der Waals surface area contributed by atoms with Crippen molar-refractivity contribution in [2.24, 2.45) is 5.92 Å². The van der Waals surface area contributed by atoms with Crippen LogP contribution in [0.2, 0.25) is 0 Å². The Morgan fingerprint density at radius 3 is 1.91 bits per heavy atom. The molecule has 2 saturated carbocycles. The Morgan fingerprint density at radius 2 is 1.31 bits per heavy atom. The van der Waals surface area contributed by atoms with E-state index in [0.29, 0.717) is 24.0 Å². The van der Waals surface area contributed by atoms with Gasteiger partial charge in [-0.2, -0.15) is 4.39 Å². The molecule has 0 bridgehead atoms. The van der Waals surface area contributed by atoms with Crippen molar-refractivity contribution in [2.45, 2.75) is 76.2 Å². The molecule has 0 atom stereocenters. The first-order valence-electron chi connectivity index (χ1n) is 12.7. The molecule has 0 radical (unpaired) electrons. The highest BCUT2D eigenvalue weighted by Gasteiger charge is 2.27. The van der Waals surface area contributed by atoms with Crippen LogP contribution in [-0.4, -0.2) is 19.8 Å². The first kappa shape index (κ1) is 25.7. The smallest absolute Gasteiger partial charge is 0.200 e. The van der Waals surface area contributed by atoms with Crippen LogP contribution in [0.15, 0.2) is 30.3 Å². The van der Waals surface area contributed by atoms with Gasteiger partial charge in [-0.3, -0.25) is 0 Å². The molecule has 6 heteroatoms. The topological polar surface area (TPSA) is 18.5 Å². The Hall–Kier alpha value is -2.34. The SMILES string of the molecule is CCOc1ccc(C2CCC(/C=C/c3ccc(C4CCC(OC)CC4)c(F)c3F)CC2)c(F)c1F. The van der Waals surface area contributed by atoms with Gasteiger partial charge >= 0.3 is 0 Å². The van der Waals surface area contributed by atoms with Crippen LogP contribution in [-0.2, 0) is 4.74 Å². The minimum absolute atomic E-state index is 0.0250. The van der Waals surface area contributed by atoms with Gasteiger partial charge in [0.05, 0.1) is 12.7 Å². The Kier molecular flexibility index (Phi) is 8.53. The molecule has 35 heavy (non-hydrogen) atoms. The van der Waals surface area contributed by atoms with Crippen LogP contribution in [0.5, 0.6) is 5.75 Å². The van der Waals surface area contributed by atoms with Crippen molar-refractivity contribution in [3.8, 4) is 5.75 Å². The molecule has 2 nitrogen and oxygen atoms in total. The summed E-state index contributed by atoms with van der Waals surface area (Å²) in [7, 11) is 1.69. The number of hydrogen-bond acceptors (Lipinski definition) is 2. The van der Waals surface area contributed by atoms with E-state index in [0.717, 1.165) is 38.5 Å². The van der Waals surface area contributed by atoms with Crippen molar-refractivity contribution in [1.29, 1.82) is 0 Å². The van der Waals surface area contributed by atoms with Gasteiger partial charge in [0.15, 0.2) is 23.2 Å². The predicted octanol–water partition coefficient (Wildman–Crippen LogP) is 8.30. The Labute approximate surface area is 205 Å². The molecule has 2 fully saturated rings. The largest absolute Gasteiger partial charge is 0.491 e. The number of methoxy groups -OCH3 is 1. The third-order valence-electron chi connectivity index (χ3n) is 7.73. The molecule has 2 aromatic rings. The molecule has 2 aliphatic carbocycles. The number of ether oxygens (including phenoxy) is 2. The average molecular weight is 491 g/mol. The van der Waals surface area contributed by atoms with Gasteiger partial charge in [-0.15, -0.1) is 0 Å². The van der Waals surface area contributed by atoms with Crippen molar-refractivity contribution < 1.29 is 27.0 Å². The molecule has 0 saturated heterocycles. The highest BCUT2D eigenvalue weighted by atomic mass is 19.2. The zero-order valence-electron chi connectivity index (χ0n) is 20.5. The lowest BCUT2D eigenvalue weighted by atomic mass is 9.78. The molecule has 190 valence electrons. The molecule has 0 heterocycles. The van der Waals surface area contributed by atoms with Gasteiger partial charge < -0.3 is 9.47 Å². The third kappa shape index (κ3) is 5.74. The predicted molar refractivity (Wildman–Crippen MR) is 130 cm³/mol. The van der Waals surface area contributed by atoms with Gasteiger partial charge in [-0.05, 0) is 93.2 Å². The maximum Gasteiger partial charge on any atom is 0.200 e. The maximum atomic E-state index is 14.9.